The minimum atomic E-state index is -0.250. The molecule has 8 aromatic heterocycles. The number of nitrogens with zero attached hydrogens (tertiary/aromatic N) is 8. The molecule has 0 unspecified atom stereocenters. The zero-order chi connectivity index (χ0) is 83.0. The second-order valence-corrected chi connectivity index (χ2v) is 16.9. The maximum absolute atomic E-state index is 8.36. The molecule has 0 radical (unpaired) electrons. The predicted octanol–water partition coefficient (Wildman–Crippen LogP) is 17.3. The van der Waals surface area contributed by atoms with Crippen molar-refractivity contribution in [2.75, 3.05) is 0 Å². The molecule has 10 aromatic rings. The van der Waals surface area contributed by atoms with Gasteiger partial charge in [0.2, 0.25) is 0 Å². The fraction of sp³-hybridized carbons (Fsp3) is 0. The smallest absolute Gasteiger partial charge is 0.290 e. The molecule has 0 amide bonds. The van der Waals surface area contributed by atoms with E-state index in [1.807, 2.05) is 170 Å². The van der Waals surface area contributed by atoms with Crippen molar-refractivity contribution in [2.24, 2.45) is 0 Å². The van der Waals surface area contributed by atoms with Crippen LogP contribution in [0.25, 0.3) is 72.9 Å². The molecule has 2 aromatic carbocycles. The Bertz CT molecular complexity index is 3160. The van der Waals surface area contributed by atoms with Gasteiger partial charge in [0.1, 0.15) is 0 Å². The zero-order valence-corrected chi connectivity index (χ0v) is 59.5. The summed E-state index contributed by atoms with van der Waals surface area (Å²) in [5.74, 6) is 0. The third kappa shape index (κ3) is 84.5. The first-order valence-electron chi connectivity index (χ1n) is 30.0. The Balaban J connectivity index is -0.000000166. The van der Waals surface area contributed by atoms with Crippen LogP contribution in [0.4, 0.5) is 0 Å². The second kappa shape index (κ2) is 95.5. The monoisotopic (exact) mass is 1470 g/mol. The van der Waals surface area contributed by atoms with E-state index in [2.05, 4.69) is 119 Å². The van der Waals surface area contributed by atoms with Gasteiger partial charge >= 0.3 is 0 Å². The van der Waals surface area contributed by atoms with Gasteiger partial charge in [-0.2, -0.15) is 0 Å². The SMILES string of the molecule is C=Cc1cccc(C=C)c1.C=Cc1cccc(C=C)c1.C=Cc1ccncc1.C=Cc1ccncc1.C=Cc1ccncc1.C=Cc1ccncc1.C=Cc1ccncc1.C=Cc1ccncc1.C=Cc1ccncc1.C=Cc1ccncc1.O=CO.O=CO.O=CO.O=CO.O=CO.O=CO.O=CO.O=CO. The molecule has 0 fully saturated rings. The van der Waals surface area contributed by atoms with Gasteiger partial charge in [0.25, 0.3) is 51.8 Å². The molecule has 0 spiro atoms. The van der Waals surface area contributed by atoms with Crippen LogP contribution in [-0.2, 0) is 38.4 Å². The van der Waals surface area contributed by atoms with E-state index in [-0.39, 0.29) is 51.8 Å². The number of aromatic nitrogens is 8. The predicted molar refractivity (Wildman–Crippen MR) is 437 cm³/mol. The highest BCUT2D eigenvalue weighted by Gasteiger charge is 1.88. The quantitative estimate of drug-likeness (QED) is 0.0527. The van der Waals surface area contributed by atoms with Crippen LogP contribution in [0.5, 0.6) is 0 Å². The lowest BCUT2D eigenvalue weighted by Gasteiger charge is -1.93. The maximum Gasteiger partial charge on any atom is 0.290 e. The van der Waals surface area contributed by atoms with Gasteiger partial charge in [-0.05, 0) is 176 Å². The number of carbonyl (C=O) groups is 8. The van der Waals surface area contributed by atoms with Gasteiger partial charge in [-0.3, -0.25) is 78.2 Å². The van der Waals surface area contributed by atoms with E-state index in [0.29, 0.717) is 0 Å². The second-order valence-electron chi connectivity index (χ2n) is 16.9. The van der Waals surface area contributed by atoms with E-state index in [1.54, 1.807) is 148 Å². The summed E-state index contributed by atoms with van der Waals surface area (Å²) in [4.78, 5) is 97.7. The average molecular weight is 1470 g/mol. The summed E-state index contributed by atoms with van der Waals surface area (Å²) in [6.45, 7) is 41.5. The number of benzene rings is 2. The van der Waals surface area contributed by atoms with Gasteiger partial charge in [0, 0.05) is 99.1 Å². The molecule has 0 saturated carbocycles. The molecule has 564 valence electrons. The van der Waals surface area contributed by atoms with Crippen LogP contribution in [-0.4, -0.2) is 133 Å². The number of rotatable bonds is 12. The summed E-state index contributed by atoms with van der Waals surface area (Å²) in [6, 6.07) is 46.7. The number of hydrogen-bond donors (Lipinski definition) is 8. The first kappa shape index (κ1) is 108. The van der Waals surface area contributed by atoms with Crippen LogP contribution in [0.1, 0.15) is 66.8 Å². The minimum absolute atomic E-state index is 0.250. The molecule has 24 heteroatoms. The summed E-state index contributed by atoms with van der Waals surface area (Å²) in [5.41, 5.74) is 13.4. The maximum atomic E-state index is 8.36. The van der Waals surface area contributed by atoms with Crippen molar-refractivity contribution in [1.82, 2.24) is 39.9 Å². The minimum Gasteiger partial charge on any atom is -0.483 e. The fourth-order valence-corrected chi connectivity index (χ4v) is 5.62. The summed E-state index contributed by atoms with van der Waals surface area (Å²) in [7, 11) is 0. The van der Waals surface area contributed by atoms with Gasteiger partial charge in [0.15, 0.2) is 0 Å². The third-order valence-corrected chi connectivity index (χ3v) is 10.3. The van der Waals surface area contributed by atoms with E-state index in [1.165, 1.54) is 0 Å². The lowest BCUT2D eigenvalue weighted by molar-refractivity contribution is -0.123. The van der Waals surface area contributed by atoms with Gasteiger partial charge in [-0.15, -0.1) is 0 Å². The van der Waals surface area contributed by atoms with Crippen LogP contribution in [0, 0.1) is 0 Å². The number of hydrogen-bond acceptors (Lipinski definition) is 16. The molecule has 0 aliphatic carbocycles. The topological polar surface area (TPSA) is 402 Å². The van der Waals surface area contributed by atoms with Crippen LogP contribution in [0.15, 0.2) is 324 Å². The first-order chi connectivity index (χ1) is 52.5. The number of carboxylic acid groups (broad SMARTS) is 8. The van der Waals surface area contributed by atoms with Crippen LogP contribution >= 0.6 is 0 Å². The standard InChI is InChI=1S/2C10H10.8C7H7N.8CH2O2/c2*1-3-9-6-5-7-10(4-2)8-9;8*1-2-7-3-5-8-6-4-7;8*2-1-3/h2*3-8H,1-2H2;8*2-6H,1H2;8*1H,(H,2,3). The first-order valence-corrected chi connectivity index (χ1v) is 30.0. The van der Waals surface area contributed by atoms with E-state index >= 15 is 0 Å². The molecule has 0 saturated heterocycles. The molecule has 24 nitrogen and oxygen atoms in total. The van der Waals surface area contributed by atoms with E-state index in [4.69, 9.17) is 79.2 Å². The van der Waals surface area contributed by atoms with Crippen molar-refractivity contribution in [3.05, 3.63) is 390 Å². The number of pyridine rings is 8. The Morgan fingerprint density at radius 2 is 0.250 bits per heavy atom. The lowest BCUT2D eigenvalue weighted by Crippen LogP contribution is -1.72. The van der Waals surface area contributed by atoms with E-state index in [0.717, 1.165) is 66.8 Å². The largest absolute Gasteiger partial charge is 0.483 e. The van der Waals surface area contributed by atoms with Gasteiger partial charge in [0.05, 0.1) is 0 Å². The Morgan fingerprint density at radius 3 is 0.315 bits per heavy atom. The molecule has 0 bridgehead atoms. The van der Waals surface area contributed by atoms with Gasteiger partial charge < -0.3 is 40.9 Å². The van der Waals surface area contributed by atoms with Crippen molar-refractivity contribution in [1.29, 1.82) is 0 Å². The van der Waals surface area contributed by atoms with Crippen molar-refractivity contribution in [2.45, 2.75) is 0 Å². The summed E-state index contributed by atoms with van der Waals surface area (Å²) >= 11 is 0. The molecule has 108 heavy (non-hydrogen) atoms. The van der Waals surface area contributed by atoms with E-state index in [9.17, 15) is 0 Å². The normalized spacial score (nSPS) is 7.56. The lowest BCUT2D eigenvalue weighted by atomic mass is 10.1. The third-order valence-electron chi connectivity index (χ3n) is 10.3. The highest BCUT2D eigenvalue weighted by molar-refractivity contribution is 5.57. The zero-order valence-electron chi connectivity index (χ0n) is 59.5. The van der Waals surface area contributed by atoms with Crippen LogP contribution in [0.3, 0.4) is 0 Å². The molecule has 8 N–H and O–H groups in total. The highest BCUT2D eigenvalue weighted by atomic mass is 16.4. The molecule has 0 aliphatic heterocycles. The van der Waals surface area contributed by atoms with Crippen molar-refractivity contribution < 1.29 is 79.2 Å². The summed E-state index contributed by atoms with van der Waals surface area (Å²) < 4.78 is 0. The van der Waals surface area contributed by atoms with Gasteiger partial charge in [-0.1, -0.05) is 188 Å². The molecule has 0 aliphatic rings. The molecular weight excluding hydrogens is 1380 g/mol. The average Bonchev–Trinajstić information content (AvgIpc) is 0.932. The Morgan fingerprint density at radius 1 is 0.167 bits per heavy atom. The van der Waals surface area contributed by atoms with Crippen LogP contribution in [0.2, 0.25) is 0 Å². The Hall–Kier alpha value is -15.7. The van der Waals surface area contributed by atoms with Gasteiger partial charge in [-0.25, -0.2) is 0 Å². The summed E-state index contributed by atoms with van der Waals surface area (Å²) in [6.07, 6.45) is 49.6. The van der Waals surface area contributed by atoms with Crippen molar-refractivity contribution in [3.8, 4) is 0 Å². The molecule has 10 rings (SSSR count). The Labute approximate surface area is 631 Å². The van der Waals surface area contributed by atoms with Crippen molar-refractivity contribution >= 4 is 125 Å². The highest BCUT2D eigenvalue weighted by Crippen LogP contribution is 2.08. The fourth-order valence-electron chi connectivity index (χ4n) is 5.62. The molecule has 8 heterocycles. The molecule has 0 atom stereocenters. The van der Waals surface area contributed by atoms with E-state index < -0.39 is 0 Å². The summed E-state index contributed by atoms with van der Waals surface area (Å²) in [5, 5.41) is 55.1. The van der Waals surface area contributed by atoms with Crippen LogP contribution < -0.4 is 0 Å². The molecular formula is C84H92N8O16. The Kier molecular flexibility index (Phi) is 95.7. The van der Waals surface area contributed by atoms with Crippen molar-refractivity contribution in [3.63, 3.8) is 0 Å².